The summed E-state index contributed by atoms with van der Waals surface area (Å²) in [4.78, 5) is 0. The van der Waals surface area contributed by atoms with Crippen LogP contribution < -0.4 is 0 Å². The fourth-order valence-corrected chi connectivity index (χ4v) is 4.80. The Morgan fingerprint density at radius 2 is 1.53 bits per heavy atom. The highest BCUT2D eigenvalue weighted by Gasteiger charge is 2.35. The van der Waals surface area contributed by atoms with Gasteiger partial charge in [0.25, 0.3) is 0 Å². The van der Waals surface area contributed by atoms with Gasteiger partial charge in [-0.25, -0.2) is 0 Å². The summed E-state index contributed by atoms with van der Waals surface area (Å²) in [5, 5.41) is 0. The molecule has 2 aliphatic carbocycles. The Balaban J connectivity index is 1.73. The van der Waals surface area contributed by atoms with Crippen molar-refractivity contribution >= 4 is 0 Å². The van der Waals surface area contributed by atoms with Gasteiger partial charge < -0.3 is 0 Å². The van der Waals surface area contributed by atoms with Crippen molar-refractivity contribution in [3.63, 3.8) is 0 Å². The minimum Gasteiger partial charge on any atom is -0.0622 e. The largest absolute Gasteiger partial charge is 0.0622 e. The maximum absolute atomic E-state index is 2.54. The van der Waals surface area contributed by atoms with Crippen molar-refractivity contribution in [3.8, 4) is 0 Å². The zero-order valence-corrected chi connectivity index (χ0v) is 12.4. The van der Waals surface area contributed by atoms with Gasteiger partial charge in [-0.15, -0.1) is 0 Å². The minimum atomic E-state index is 0.821. The summed E-state index contributed by atoms with van der Waals surface area (Å²) in [6.45, 7) is 2.54. The van der Waals surface area contributed by atoms with Crippen LogP contribution in [0.2, 0.25) is 0 Å². The van der Waals surface area contributed by atoms with E-state index in [1.807, 2.05) is 0 Å². The first-order chi connectivity index (χ1) is 9.36. The molecule has 0 amide bonds. The maximum Gasteiger partial charge on any atom is -0.0133 e. The molecule has 0 aromatic heterocycles. The highest BCUT2D eigenvalue weighted by molar-refractivity contribution is 5.21. The van der Waals surface area contributed by atoms with E-state index in [0.717, 1.165) is 23.7 Å². The second kappa shape index (κ2) is 6.11. The third-order valence-electron chi connectivity index (χ3n) is 5.85. The summed E-state index contributed by atoms with van der Waals surface area (Å²) in [6, 6.07) is 11.3. The first-order valence-electron chi connectivity index (χ1n) is 8.41. The van der Waals surface area contributed by atoms with Gasteiger partial charge in [0.15, 0.2) is 0 Å². The summed E-state index contributed by atoms with van der Waals surface area (Å²) < 4.78 is 0. The monoisotopic (exact) mass is 256 g/mol. The number of benzene rings is 1. The Morgan fingerprint density at radius 3 is 2.26 bits per heavy atom. The molecule has 0 spiro atoms. The summed E-state index contributed by atoms with van der Waals surface area (Å²) >= 11 is 0. The van der Waals surface area contributed by atoms with Crippen LogP contribution in [0.15, 0.2) is 30.3 Å². The molecule has 0 heterocycles. The van der Waals surface area contributed by atoms with Crippen molar-refractivity contribution in [2.45, 2.75) is 64.2 Å². The minimum absolute atomic E-state index is 0.821. The lowest BCUT2D eigenvalue weighted by atomic mass is 9.63. The van der Waals surface area contributed by atoms with E-state index in [2.05, 4.69) is 37.3 Å². The Labute approximate surface area is 118 Å². The fourth-order valence-electron chi connectivity index (χ4n) is 4.80. The standard InChI is InChI=1S/C19H28/c1-15-18(16-9-4-2-5-10-16)13-8-14-19(15)17-11-6-3-7-12-17/h2,4-5,9-10,15,17-19H,3,6-8,11-14H2,1H3. The molecule has 3 rings (SSSR count). The van der Waals surface area contributed by atoms with Crippen LogP contribution in [-0.4, -0.2) is 0 Å². The third kappa shape index (κ3) is 2.88. The van der Waals surface area contributed by atoms with E-state index in [1.54, 1.807) is 5.56 Å². The van der Waals surface area contributed by atoms with E-state index in [9.17, 15) is 0 Å². The summed E-state index contributed by atoms with van der Waals surface area (Å²) in [5.41, 5.74) is 1.59. The van der Waals surface area contributed by atoms with E-state index in [1.165, 1.54) is 51.4 Å². The highest BCUT2D eigenvalue weighted by atomic mass is 14.4. The van der Waals surface area contributed by atoms with Crippen molar-refractivity contribution in [1.82, 2.24) is 0 Å². The Bertz CT molecular complexity index is 374. The van der Waals surface area contributed by atoms with E-state index in [4.69, 9.17) is 0 Å². The predicted octanol–water partition coefficient (Wildman–Crippen LogP) is 5.79. The van der Waals surface area contributed by atoms with Crippen molar-refractivity contribution in [2.24, 2.45) is 17.8 Å². The SMILES string of the molecule is CC1C(c2ccccc2)CCCC1C1CCCCC1. The van der Waals surface area contributed by atoms with Crippen LogP contribution in [0, 0.1) is 17.8 Å². The fraction of sp³-hybridized carbons (Fsp3) is 0.684. The molecule has 2 fully saturated rings. The molecule has 1 aromatic rings. The Kier molecular flexibility index (Phi) is 4.25. The predicted molar refractivity (Wildman–Crippen MR) is 82.3 cm³/mol. The van der Waals surface area contributed by atoms with Gasteiger partial charge in [0.2, 0.25) is 0 Å². The van der Waals surface area contributed by atoms with E-state index >= 15 is 0 Å². The van der Waals surface area contributed by atoms with Crippen molar-refractivity contribution in [2.75, 3.05) is 0 Å². The first kappa shape index (κ1) is 13.2. The lowest BCUT2D eigenvalue weighted by Gasteiger charge is -2.42. The Hall–Kier alpha value is -0.780. The van der Waals surface area contributed by atoms with Gasteiger partial charge in [0, 0.05) is 0 Å². The maximum atomic E-state index is 2.54. The molecular weight excluding hydrogens is 228 g/mol. The second-order valence-corrected chi connectivity index (χ2v) is 6.87. The number of hydrogen-bond donors (Lipinski definition) is 0. The summed E-state index contributed by atoms with van der Waals surface area (Å²) in [7, 11) is 0. The third-order valence-corrected chi connectivity index (χ3v) is 5.85. The summed E-state index contributed by atoms with van der Waals surface area (Å²) in [6.07, 6.45) is 11.8. The van der Waals surface area contributed by atoms with Gasteiger partial charge in [-0.1, -0.05) is 75.8 Å². The molecule has 0 N–H and O–H groups in total. The molecule has 2 saturated carbocycles. The number of hydrogen-bond acceptors (Lipinski definition) is 0. The van der Waals surface area contributed by atoms with E-state index < -0.39 is 0 Å². The second-order valence-electron chi connectivity index (χ2n) is 6.87. The van der Waals surface area contributed by atoms with Crippen molar-refractivity contribution < 1.29 is 0 Å². The molecule has 19 heavy (non-hydrogen) atoms. The van der Waals surface area contributed by atoms with Gasteiger partial charge in [-0.2, -0.15) is 0 Å². The zero-order chi connectivity index (χ0) is 13.1. The highest BCUT2D eigenvalue weighted by Crippen LogP contribution is 2.47. The van der Waals surface area contributed by atoms with Gasteiger partial charge in [-0.05, 0) is 42.1 Å². The Morgan fingerprint density at radius 1 is 0.789 bits per heavy atom. The van der Waals surface area contributed by atoms with Gasteiger partial charge in [-0.3, -0.25) is 0 Å². The molecule has 3 atom stereocenters. The molecule has 0 heteroatoms. The van der Waals surface area contributed by atoms with Crippen LogP contribution in [0.25, 0.3) is 0 Å². The molecular formula is C19H28. The first-order valence-corrected chi connectivity index (χ1v) is 8.41. The van der Waals surface area contributed by atoms with Gasteiger partial charge in [0.1, 0.15) is 0 Å². The lowest BCUT2D eigenvalue weighted by molar-refractivity contribution is 0.121. The van der Waals surface area contributed by atoms with Crippen LogP contribution >= 0.6 is 0 Å². The topological polar surface area (TPSA) is 0 Å². The van der Waals surface area contributed by atoms with E-state index in [-0.39, 0.29) is 0 Å². The molecule has 0 saturated heterocycles. The van der Waals surface area contributed by atoms with Crippen LogP contribution in [0.1, 0.15) is 69.8 Å². The molecule has 0 radical (unpaired) electrons. The quantitative estimate of drug-likeness (QED) is 0.628. The van der Waals surface area contributed by atoms with Crippen molar-refractivity contribution in [3.05, 3.63) is 35.9 Å². The molecule has 1 aromatic carbocycles. The van der Waals surface area contributed by atoms with Gasteiger partial charge >= 0.3 is 0 Å². The molecule has 3 unspecified atom stereocenters. The van der Waals surface area contributed by atoms with E-state index in [0.29, 0.717) is 0 Å². The zero-order valence-electron chi connectivity index (χ0n) is 12.4. The molecule has 0 nitrogen and oxygen atoms in total. The average Bonchev–Trinajstić information content (AvgIpc) is 2.49. The average molecular weight is 256 g/mol. The van der Waals surface area contributed by atoms with Crippen LogP contribution in [-0.2, 0) is 0 Å². The van der Waals surface area contributed by atoms with Crippen molar-refractivity contribution in [1.29, 1.82) is 0 Å². The van der Waals surface area contributed by atoms with Crippen LogP contribution in [0.3, 0.4) is 0 Å². The smallest absolute Gasteiger partial charge is 0.0133 e. The van der Waals surface area contributed by atoms with Gasteiger partial charge in [0.05, 0.1) is 0 Å². The molecule has 2 aliphatic rings. The molecule has 0 bridgehead atoms. The number of rotatable bonds is 2. The molecule has 0 aliphatic heterocycles. The normalized spacial score (nSPS) is 33.2. The van der Waals surface area contributed by atoms with Crippen LogP contribution in [0.5, 0.6) is 0 Å². The summed E-state index contributed by atoms with van der Waals surface area (Å²) in [5.74, 6) is 3.75. The van der Waals surface area contributed by atoms with Crippen LogP contribution in [0.4, 0.5) is 0 Å². The lowest BCUT2D eigenvalue weighted by Crippen LogP contribution is -2.31. The molecule has 104 valence electrons.